The summed E-state index contributed by atoms with van der Waals surface area (Å²) in [5.74, 6) is -1.93. The maximum absolute atomic E-state index is 13.1. The SMILES string of the molecule is CN(C)S(=O)(=O)c1ccc(C(O)=C2C(=O)C(=O)N(Cc3cccnc3)C2c2cc[nH+]cc2)cc1. The largest absolute Gasteiger partial charge is 0.507 e. The summed E-state index contributed by atoms with van der Waals surface area (Å²) in [5, 5.41) is 11.1. The number of amides is 1. The maximum atomic E-state index is 13.1. The topological polar surface area (TPSA) is 122 Å². The Kier molecular flexibility index (Phi) is 6.27. The number of hydrogen-bond donors (Lipinski definition) is 1. The van der Waals surface area contributed by atoms with Crippen LogP contribution in [0.1, 0.15) is 22.7 Å². The van der Waals surface area contributed by atoms with Gasteiger partial charge in [-0.15, -0.1) is 0 Å². The number of hydrogen-bond acceptors (Lipinski definition) is 6. The van der Waals surface area contributed by atoms with E-state index in [9.17, 15) is 23.1 Å². The van der Waals surface area contributed by atoms with E-state index in [0.717, 1.165) is 9.87 Å². The number of aromatic amines is 1. The fraction of sp³-hybridized carbons (Fsp3) is 0.167. The van der Waals surface area contributed by atoms with Crippen LogP contribution in [-0.2, 0) is 26.2 Å². The van der Waals surface area contributed by atoms with Crippen molar-refractivity contribution < 1.29 is 28.1 Å². The number of aliphatic hydroxyl groups is 1. The summed E-state index contributed by atoms with van der Waals surface area (Å²) in [4.78, 5) is 34.5. The minimum absolute atomic E-state index is 0.0428. The molecule has 2 aromatic heterocycles. The lowest BCUT2D eigenvalue weighted by atomic mass is 9.96. The monoisotopic (exact) mass is 479 g/mol. The Morgan fingerprint density at radius 2 is 1.76 bits per heavy atom. The second kappa shape index (κ2) is 9.16. The minimum Gasteiger partial charge on any atom is -0.507 e. The van der Waals surface area contributed by atoms with Crippen LogP contribution in [0.25, 0.3) is 5.76 Å². The fourth-order valence-electron chi connectivity index (χ4n) is 3.81. The zero-order valence-corrected chi connectivity index (χ0v) is 19.4. The third kappa shape index (κ3) is 4.20. The molecule has 1 unspecified atom stereocenters. The number of H-pyrrole nitrogens is 1. The Balaban J connectivity index is 1.81. The van der Waals surface area contributed by atoms with Crippen molar-refractivity contribution in [3.05, 3.63) is 95.6 Å². The van der Waals surface area contributed by atoms with E-state index < -0.39 is 27.8 Å². The average molecular weight is 480 g/mol. The molecule has 0 saturated carbocycles. The van der Waals surface area contributed by atoms with Crippen molar-refractivity contribution in [2.45, 2.75) is 17.5 Å². The van der Waals surface area contributed by atoms with Crippen LogP contribution < -0.4 is 4.98 Å². The molecule has 2 N–H and O–H groups in total. The van der Waals surface area contributed by atoms with Crippen LogP contribution in [-0.4, -0.2) is 53.5 Å². The quantitative estimate of drug-likeness (QED) is 0.327. The summed E-state index contributed by atoms with van der Waals surface area (Å²) < 4.78 is 25.8. The molecule has 0 bridgehead atoms. The molecule has 1 aliphatic rings. The first-order valence-corrected chi connectivity index (χ1v) is 11.8. The molecule has 9 nitrogen and oxygen atoms in total. The van der Waals surface area contributed by atoms with Gasteiger partial charge in [0.25, 0.3) is 11.7 Å². The molecular weight excluding hydrogens is 456 g/mol. The van der Waals surface area contributed by atoms with Gasteiger partial charge in [0.05, 0.1) is 16.5 Å². The lowest BCUT2D eigenvalue weighted by Gasteiger charge is -2.24. The Morgan fingerprint density at radius 1 is 1.09 bits per heavy atom. The molecule has 3 heterocycles. The van der Waals surface area contributed by atoms with Gasteiger partial charge in [-0.25, -0.2) is 17.7 Å². The highest BCUT2D eigenvalue weighted by atomic mass is 32.2. The number of nitrogens with one attached hydrogen (secondary N) is 1. The molecule has 0 spiro atoms. The molecule has 1 fully saturated rings. The standard InChI is InChI=1S/C24H22N4O5S/c1-27(2)34(32,33)19-7-5-18(6-8-19)22(29)20-21(17-9-12-25-13-10-17)28(24(31)23(20)30)15-16-4-3-11-26-14-16/h3-14,21,29H,15H2,1-2H3/p+1. The molecule has 4 rings (SSSR count). The second-order valence-corrected chi connectivity index (χ2v) is 10.1. The molecule has 0 radical (unpaired) electrons. The van der Waals surface area contributed by atoms with Crippen LogP contribution >= 0.6 is 0 Å². The molecule has 1 aliphatic heterocycles. The summed E-state index contributed by atoms with van der Waals surface area (Å²) in [6, 6.07) is 11.7. The number of nitrogens with zero attached hydrogens (tertiary/aromatic N) is 3. The van der Waals surface area contributed by atoms with Gasteiger partial charge in [-0.3, -0.25) is 14.6 Å². The van der Waals surface area contributed by atoms with Crippen LogP contribution in [0.4, 0.5) is 0 Å². The molecule has 1 saturated heterocycles. The highest BCUT2D eigenvalue weighted by Crippen LogP contribution is 2.40. The molecule has 174 valence electrons. The summed E-state index contributed by atoms with van der Waals surface area (Å²) in [6.07, 6.45) is 6.56. The van der Waals surface area contributed by atoms with E-state index in [-0.39, 0.29) is 28.3 Å². The Labute approximate surface area is 197 Å². The van der Waals surface area contributed by atoms with E-state index >= 15 is 0 Å². The van der Waals surface area contributed by atoms with Gasteiger partial charge in [-0.05, 0) is 41.5 Å². The van der Waals surface area contributed by atoms with Crippen molar-refractivity contribution >= 4 is 27.5 Å². The number of rotatable bonds is 6. The van der Waals surface area contributed by atoms with E-state index in [0.29, 0.717) is 5.56 Å². The van der Waals surface area contributed by atoms with Crippen molar-refractivity contribution in [2.24, 2.45) is 0 Å². The second-order valence-electron chi connectivity index (χ2n) is 7.93. The number of benzene rings is 1. The van der Waals surface area contributed by atoms with Crippen LogP contribution in [0, 0.1) is 0 Å². The fourth-order valence-corrected chi connectivity index (χ4v) is 4.71. The number of carbonyl (C=O) groups is 2. The predicted molar refractivity (Wildman–Crippen MR) is 122 cm³/mol. The van der Waals surface area contributed by atoms with Crippen molar-refractivity contribution in [3.8, 4) is 0 Å². The molecular formula is C24H23N4O5S+. The normalized spacial score (nSPS) is 18.0. The van der Waals surface area contributed by atoms with Gasteiger partial charge in [-0.2, -0.15) is 0 Å². The smallest absolute Gasteiger partial charge is 0.295 e. The van der Waals surface area contributed by atoms with Gasteiger partial charge in [0, 0.05) is 50.7 Å². The zero-order valence-electron chi connectivity index (χ0n) is 18.5. The predicted octanol–water partition coefficient (Wildman–Crippen LogP) is 1.77. The number of aliphatic hydroxyl groups excluding tert-OH is 1. The van der Waals surface area contributed by atoms with Crippen molar-refractivity contribution in [1.82, 2.24) is 14.2 Å². The first-order valence-electron chi connectivity index (χ1n) is 10.4. The van der Waals surface area contributed by atoms with E-state index in [2.05, 4.69) is 9.97 Å². The van der Waals surface area contributed by atoms with E-state index in [1.165, 1.54) is 43.3 Å². The number of ketones is 1. The van der Waals surface area contributed by atoms with Gasteiger partial charge >= 0.3 is 0 Å². The summed E-state index contributed by atoms with van der Waals surface area (Å²) in [7, 11) is -0.816. The van der Waals surface area contributed by atoms with E-state index in [1.54, 1.807) is 49.1 Å². The van der Waals surface area contributed by atoms with Gasteiger partial charge in [-0.1, -0.05) is 6.07 Å². The third-order valence-corrected chi connectivity index (χ3v) is 7.41. The first-order chi connectivity index (χ1) is 16.2. The molecule has 34 heavy (non-hydrogen) atoms. The Hall–Kier alpha value is -3.89. The summed E-state index contributed by atoms with van der Waals surface area (Å²) in [5.41, 5.74) is 1.53. The number of aromatic nitrogens is 2. The summed E-state index contributed by atoms with van der Waals surface area (Å²) >= 11 is 0. The Morgan fingerprint density at radius 3 is 2.35 bits per heavy atom. The average Bonchev–Trinajstić information content (AvgIpc) is 3.09. The number of sulfonamides is 1. The number of likely N-dealkylation sites (tertiary alicyclic amines) is 1. The lowest BCUT2D eigenvalue weighted by Crippen LogP contribution is -2.29. The van der Waals surface area contributed by atoms with Crippen LogP contribution in [0.5, 0.6) is 0 Å². The van der Waals surface area contributed by atoms with Crippen LogP contribution in [0.2, 0.25) is 0 Å². The molecule has 0 aliphatic carbocycles. The van der Waals surface area contributed by atoms with E-state index in [4.69, 9.17) is 0 Å². The van der Waals surface area contributed by atoms with Gasteiger partial charge in [0.15, 0.2) is 12.4 Å². The maximum Gasteiger partial charge on any atom is 0.295 e. The van der Waals surface area contributed by atoms with Crippen LogP contribution in [0.3, 0.4) is 0 Å². The third-order valence-electron chi connectivity index (χ3n) is 5.58. The highest BCUT2D eigenvalue weighted by Gasteiger charge is 2.46. The van der Waals surface area contributed by atoms with Crippen molar-refractivity contribution in [2.75, 3.05) is 14.1 Å². The number of Topliss-reactive ketones (excluding diaryl/α,β-unsaturated/α-hetero) is 1. The molecule has 1 atom stereocenters. The molecule has 1 amide bonds. The summed E-state index contributed by atoms with van der Waals surface area (Å²) in [6.45, 7) is 0.123. The van der Waals surface area contributed by atoms with Crippen molar-refractivity contribution in [3.63, 3.8) is 0 Å². The zero-order chi connectivity index (χ0) is 24.5. The molecule has 3 aromatic rings. The van der Waals surface area contributed by atoms with Gasteiger partial charge < -0.3 is 10.0 Å². The number of carbonyl (C=O) groups excluding carboxylic acids is 2. The van der Waals surface area contributed by atoms with E-state index in [1.807, 2.05) is 0 Å². The first kappa shape index (κ1) is 23.3. The lowest BCUT2D eigenvalue weighted by molar-refractivity contribution is -0.378. The molecule has 1 aromatic carbocycles. The highest BCUT2D eigenvalue weighted by molar-refractivity contribution is 7.89. The Bertz CT molecular complexity index is 1360. The van der Waals surface area contributed by atoms with Crippen molar-refractivity contribution in [1.29, 1.82) is 0 Å². The minimum atomic E-state index is -3.66. The molecule has 10 heteroatoms. The van der Waals surface area contributed by atoms with Gasteiger partial charge in [0.2, 0.25) is 10.0 Å². The van der Waals surface area contributed by atoms with Crippen LogP contribution in [0.15, 0.2) is 83.8 Å². The van der Waals surface area contributed by atoms with Gasteiger partial charge in [0.1, 0.15) is 5.76 Å². The number of pyridine rings is 2.